The van der Waals surface area contributed by atoms with Crippen molar-refractivity contribution < 1.29 is 132 Å². The van der Waals surface area contributed by atoms with Crippen molar-refractivity contribution in [3.05, 3.63) is 41.5 Å². The number of hydrogen-bond acceptors (Lipinski definition) is 27. The summed E-state index contributed by atoms with van der Waals surface area (Å²) >= 11 is 0. The molecular weight excluding hydrogens is 1150 g/mol. The third kappa shape index (κ3) is 11.8. The molecule has 87 heavy (non-hydrogen) atoms. The van der Waals surface area contributed by atoms with Gasteiger partial charge < -0.3 is 123 Å². The van der Waals surface area contributed by atoms with E-state index in [9.17, 15) is 70.9 Å². The van der Waals surface area contributed by atoms with E-state index in [2.05, 4.69) is 0 Å². The summed E-state index contributed by atoms with van der Waals surface area (Å²) in [4.78, 5) is 27.1. The number of esters is 1. The molecule has 3 saturated carbocycles. The number of aromatic hydroxyl groups is 1. The minimum atomic E-state index is -2.12. The number of Topliss-reactive ketones (excluding diaryl/α,β-unsaturated/α-hetero) is 1. The maximum absolute atomic E-state index is 13.8. The van der Waals surface area contributed by atoms with Gasteiger partial charge in [0.05, 0.1) is 66.9 Å². The summed E-state index contributed by atoms with van der Waals surface area (Å²) in [5, 5.41) is 133. The molecule has 12 N–H and O–H groups in total. The van der Waals surface area contributed by atoms with Gasteiger partial charge in [0.2, 0.25) is 0 Å². The van der Waals surface area contributed by atoms with Crippen molar-refractivity contribution in [3.63, 3.8) is 0 Å². The van der Waals surface area contributed by atoms with Crippen LogP contribution in [0, 0.1) is 16.7 Å². The fourth-order valence-electron chi connectivity index (χ4n) is 16.0. The molecule has 8 fully saturated rings. The first-order valence-corrected chi connectivity index (χ1v) is 30.4. The Balaban J connectivity index is 0.720. The molecule has 4 aliphatic carbocycles. The van der Waals surface area contributed by atoms with E-state index < -0.39 is 200 Å². The van der Waals surface area contributed by atoms with Crippen LogP contribution in [0.3, 0.4) is 0 Å². The first-order chi connectivity index (χ1) is 41.1. The number of carbonyl (C=O) groups excluding carboxylic acids is 2. The van der Waals surface area contributed by atoms with E-state index in [1.54, 1.807) is 20.8 Å². The summed E-state index contributed by atoms with van der Waals surface area (Å²) < 4.78 is 79.7. The summed E-state index contributed by atoms with van der Waals surface area (Å²) in [6.45, 7) is 8.55. The lowest BCUT2D eigenvalue weighted by Crippen LogP contribution is -2.78. The Morgan fingerprint density at radius 1 is 0.621 bits per heavy atom. The maximum Gasteiger partial charge on any atom is 0.338 e. The van der Waals surface area contributed by atoms with Crippen molar-refractivity contribution in [1.29, 1.82) is 0 Å². The number of fused-ring (bicyclic) bond motifs is 5. The summed E-state index contributed by atoms with van der Waals surface area (Å²) in [5.41, 5.74) is -7.42. The zero-order valence-corrected chi connectivity index (χ0v) is 50.3. The molecule has 9 aliphatic rings. The van der Waals surface area contributed by atoms with Crippen LogP contribution in [0.5, 0.6) is 5.75 Å². The van der Waals surface area contributed by atoms with Gasteiger partial charge in [-0.3, -0.25) is 4.79 Å². The van der Waals surface area contributed by atoms with Gasteiger partial charge in [-0.2, -0.15) is 0 Å². The Kier molecular flexibility index (Phi) is 19.8. The van der Waals surface area contributed by atoms with Gasteiger partial charge >= 0.3 is 5.97 Å². The number of aliphatic hydroxyl groups is 11. The highest BCUT2D eigenvalue weighted by molar-refractivity contribution is 5.90. The molecular formula is C60H90O27. The van der Waals surface area contributed by atoms with E-state index in [4.69, 9.17) is 61.6 Å². The maximum atomic E-state index is 13.8. The van der Waals surface area contributed by atoms with Gasteiger partial charge in [-0.05, 0) is 109 Å². The van der Waals surface area contributed by atoms with Crippen LogP contribution >= 0.6 is 0 Å². The molecule has 0 aromatic heterocycles. The Hall–Kier alpha value is -3.02. The molecule has 0 spiro atoms. The van der Waals surface area contributed by atoms with Crippen molar-refractivity contribution in [2.75, 3.05) is 27.4 Å². The summed E-state index contributed by atoms with van der Waals surface area (Å²) in [6, 6.07) is 5.48. The van der Waals surface area contributed by atoms with Crippen LogP contribution in [0.25, 0.3) is 0 Å². The number of phenolic OH excluding ortho intramolecular Hbond substituents is 1. The van der Waals surface area contributed by atoms with Crippen molar-refractivity contribution in [2.45, 2.75) is 270 Å². The van der Waals surface area contributed by atoms with Crippen LogP contribution < -0.4 is 0 Å². The Bertz CT molecular complexity index is 2560. The summed E-state index contributed by atoms with van der Waals surface area (Å²) in [5.74, 6) is -2.11. The highest BCUT2D eigenvalue weighted by Gasteiger charge is 2.81. The predicted octanol–water partition coefficient (Wildman–Crippen LogP) is -0.999. The average Bonchev–Trinajstić information content (AvgIpc) is 1.61. The minimum absolute atomic E-state index is 0.00647. The minimum Gasteiger partial charge on any atom is -0.508 e. The van der Waals surface area contributed by atoms with Crippen molar-refractivity contribution >= 4 is 11.8 Å². The molecule has 0 bridgehead atoms. The van der Waals surface area contributed by atoms with Gasteiger partial charge in [-0.1, -0.05) is 18.6 Å². The molecule has 1 aromatic rings. The van der Waals surface area contributed by atoms with Gasteiger partial charge in [0.15, 0.2) is 37.2 Å². The number of aliphatic hydroxyl groups excluding tert-OH is 8. The summed E-state index contributed by atoms with van der Waals surface area (Å²) in [7, 11) is 2.98. The van der Waals surface area contributed by atoms with E-state index >= 15 is 0 Å². The van der Waals surface area contributed by atoms with Crippen LogP contribution in [0.15, 0.2) is 35.9 Å². The SMILES string of the molecule is CO[C@H]1C[C@H](O[C@@H]2[C@@H](C)O[C@@H](O[C@H]3[C@@H](O)C[C@H](O[C@H]4CC[C@@]5(C)C(=CC[C@]6(O)[C@@H]5C[C@@H](OC(=O)c5ccc(O)cc5)[C@@]5(C)[C@]6(O)CC[C@@]5(O)C(C)=O)C4)O[C@@H]3C)C[C@H]2OC)O[C@H](C)[C@H]1O[C@@H]1O[C@H](CO)[C@@H](O[C@@H]2O[C@H](CO)[C@@H](O)[C@H](O)[C@H]2O)[C@H](O)[C@H]1O. The van der Waals surface area contributed by atoms with Crippen LogP contribution in [-0.2, 0) is 66.4 Å². The number of methoxy groups -OCH3 is 2. The van der Waals surface area contributed by atoms with Gasteiger partial charge in [0, 0.05) is 39.4 Å². The first-order valence-electron chi connectivity index (χ1n) is 30.4. The van der Waals surface area contributed by atoms with E-state index in [0.717, 1.165) is 5.57 Å². The molecule has 1 aromatic carbocycles. The molecule has 10 rings (SSSR count). The summed E-state index contributed by atoms with van der Waals surface area (Å²) in [6.07, 6.45) is -23.8. The lowest BCUT2D eigenvalue weighted by Gasteiger charge is -2.67. The van der Waals surface area contributed by atoms with Crippen LogP contribution in [0.4, 0.5) is 0 Å². The normalized spacial score (nSPS) is 50.1. The van der Waals surface area contributed by atoms with Gasteiger partial charge in [-0.25, -0.2) is 4.79 Å². The Morgan fingerprint density at radius 3 is 1.74 bits per heavy atom. The monoisotopic (exact) mass is 1240 g/mol. The Morgan fingerprint density at radius 2 is 1.16 bits per heavy atom. The van der Waals surface area contributed by atoms with Crippen molar-refractivity contribution in [3.8, 4) is 5.75 Å². The number of rotatable bonds is 17. The lowest BCUT2D eigenvalue weighted by atomic mass is 9.42. The molecule has 5 heterocycles. The molecule has 27 nitrogen and oxygen atoms in total. The van der Waals surface area contributed by atoms with E-state index in [1.807, 2.05) is 13.0 Å². The van der Waals surface area contributed by atoms with E-state index in [0.29, 0.717) is 19.3 Å². The topological polar surface area (TPSA) is 397 Å². The molecule has 492 valence electrons. The fraction of sp³-hybridized carbons (Fsp3) is 0.833. The second-order valence-corrected chi connectivity index (χ2v) is 25.9. The molecule has 0 unspecified atom stereocenters. The first kappa shape index (κ1) is 66.9. The lowest BCUT2D eigenvalue weighted by molar-refractivity contribution is -0.376. The third-order valence-electron chi connectivity index (χ3n) is 21.2. The largest absolute Gasteiger partial charge is 0.508 e. The van der Waals surface area contributed by atoms with Gasteiger partial charge in [-0.15, -0.1) is 0 Å². The zero-order chi connectivity index (χ0) is 63.0. The molecule has 0 radical (unpaired) electrons. The zero-order valence-electron chi connectivity index (χ0n) is 50.3. The van der Waals surface area contributed by atoms with E-state index in [1.165, 1.54) is 52.3 Å². The second kappa shape index (κ2) is 25.8. The highest BCUT2D eigenvalue weighted by atomic mass is 16.8. The predicted molar refractivity (Wildman–Crippen MR) is 293 cm³/mol. The van der Waals surface area contributed by atoms with Crippen LogP contribution in [-0.4, -0.2) is 265 Å². The molecule has 0 amide bonds. The number of hydrogen-bond donors (Lipinski definition) is 12. The van der Waals surface area contributed by atoms with Crippen molar-refractivity contribution in [1.82, 2.24) is 0 Å². The van der Waals surface area contributed by atoms with E-state index in [-0.39, 0.29) is 62.4 Å². The standard InChI is InChI=1S/C60H90O27/c1-26-49(34(65)20-41(77-26)80-33-14-15-56(5)31(19-33)13-16-59(73)39(56)23-40(83-53(71)30-9-11-32(64)12-10-30)57(6)58(72,29(4)63)17-18-60(57,59)74)84-42-21-35(75-7)50(27(2)78-42)85-43-22-36(76-8)51(28(3)79-43)86-55-48(70)46(68)52(38(25-62)82-55)87-54-47(69)45(67)44(66)37(24-61)81-54/h9-13,26-28,33-52,54-55,61-62,64-70,72-74H,14-25H2,1-8H3/t26-,27-,28-,33+,34+,35-,36+,37-,38-,39-,40-,41+,42+,43+,44-,45+,46-,47-,48-,49-,50-,51-,52-,54+,55+,56+,57-,58-,59+,60-/m1/s1. The third-order valence-corrected chi connectivity index (χ3v) is 21.2. The molecule has 27 heteroatoms. The molecule has 5 aliphatic heterocycles. The average molecular weight is 1240 g/mol. The Labute approximate surface area is 504 Å². The molecule has 30 atom stereocenters. The van der Waals surface area contributed by atoms with Crippen LogP contribution in [0.2, 0.25) is 0 Å². The number of phenols is 1. The highest BCUT2D eigenvalue weighted by Crippen LogP contribution is 2.71. The smallest absolute Gasteiger partial charge is 0.338 e. The van der Waals surface area contributed by atoms with Gasteiger partial charge in [0.1, 0.15) is 95.8 Å². The number of benzene rings is 1. The van der Waals surface area contributed by atoms with Crippen molar-refractivity contribution in [2.24, 2.45) is 16.7 Å². The van der Waals surface area contributed by atoms with Crippen LogP contribution in [0.1, 0.15) is 116 Å². The number of ether oxygens (including phenoxy) is 13. The fourth-order valence-corrected chi connectivity index (χ4v) is 16.0. The molecule has 5 saturated heterocycles. The second-order valence-electron chi connectivity index (χ2n) is 25.9. The number of carbonyl (C=O) groups is 2. The quantitative estimate of drug-likeness (QED) is 0.0657. The number of ketones is 1. The van der Waals surface area contributed by atoms with Gasteiger partial charge in [0.25, 0.3) is 0 Å².